The van der Waals surface area contributed by atoms with Crippen LogP contribution in [0.5, 0.6) is 11.5 Å². The van der Waals surface area contributed by atoms with Gasteiger partial charge in [-0.1, -0.05) is 18.5 Å². The summed E-state index contributed by atoms with van der Waals surface area (Å²) in [5, 5.41) is 0.408. The number of rotatable bonds is 5. The van der Waals surface area contributed by atoms with Crippen molar-refractivity contribution in [2.75, 3.05) is 20.8 Å². The second-order valence-corrected chi connectivity index (χ2v) is 3.81. The number of nitrogens with two attached hydrogens (primary N) is 1. The lowest BCUT2D eigenvalue weighted by atomic mass is 10.00. The van der Waals surface area contributed by atoms with Crippen LogP contribution in [0.25, 0.3) is 0 Å². The van der Waals surface area contributed by atoms with E-state index in [2.05, 4.69) is 0 Å². The molecular weight excluding hydrogens is 242 g/mol. The van der Waals surface area contributed by atoms with Gasteiger partial charge >= 0.3 is 0 Å². The predicted octanol–water partition coefficient (Wildman–Crippen LogP) is 2.06. The first-order chi connectivity index (χ1) is 8.10. The molecular formula is C12H16ClNO3. The molecule has 17 heavy (non-hydrogen) atoms. The molecule has 0 unspecified atom stereocenters. The Morgan fingerprint density at radius 1 is 1.41 bits per heavy atom. The smallest absolute Gasteiger partial charge is 0.179 e. The Hall–Kier alpha value is -1.26. The van der Waals surface area contributed by atoms with Gasteiger partial charge in [0.15, 0.2) is 17.3 Å². The van der Waals surface area contributed by atoms with Crippen molar-refractivity contribution in [2.24, 2.45) is 5.73 Å². The lowest BCUT2D eigenvalue weighted by Crippen LogP contribution is -2.16. The van der Waals surface area contributed by atoms with Crippen molar-refractivity contribution >= 4 is 17.4 Å². The van der Waals surface area contributed by atoms with Gasteiger partial charge in [0.2, 0.25) is 0 Å². The second-order valence-electron chi connectivity index (χ2n) is 3.43. The molecule has 4 nitrogen and oxygen atoms in total. The van der Waals surface area contributed by atoms with Crippen LogP contribution in [-0.2, 0) is 6.42 Å². The zero-order chi connectivity index (χ0) is 13.0. The van der Waals surface area contributed by atoms with Crippen molar-refractivity contribution in [3.8, 4) is 11.5 Å². The minimum atomic E-state index is -0.162. The highest BCUT2D eigenvalue weighted by Crippen LogP contribution is 2.39. The number of Topliss-reactive ketones (excluding diaryl/α,β-unsaturated/α-hetero) is 1. The molecule has 0 saturated heterocycles. The molecule has 0 aliphatic carbocycles. The van der Waals surface area contributed by atoms with Gasteiger partial charge in [-0.05, 0) is 18.1 Å². The van der Waals surface area contributed by atoms with E-state index in [9.17, 15) is 4.79 Å². The fourth-order valence-electron chi connectivity index (χ4n) is 1.69. The summed E-state index contributed by atoms with van der Waals surface area (Å²) in [7, 11) is 3.00. The zero-order valence-electron chi connectivity index (χ0n) is 10.2. The van der Waals surface area contributed by atoms with Gasteiger partial charge in [-0.25, -0.2) is 0 Å². The van der Waals surface area contributed by atoms with Crippen LogP contribution in [0.2, 0.25) is 5.02 Å². The third-order valence-electron chi connectivity index (χ3n) is 2.55. The van der Waals surface area contributed by atoms with Gasteiger partial charge in [0.25, 0.3) is 0 Å². The van der Waals surface area contributed by atoms with E-state index in [4.69, 9.17) is 26.8 Å². The fourth-order valence-corrected chi connectivity index (χ4v) is 2.10. The van der Waals surface area contributed by atoms with Crippen molar-refractivity contribution in [3.05, 3.63) is 22.2 Å². The van der Waals surface area contributed by atoms with Crippen molar-refractivity contribution in [2.45, 2.75) is 13.3 Å². The Bertz CT molecular complexity index is 432. The number of carbonyl (C=O) groups excluding carboxylic acids is 1. The maximum atomic E-state index is 11.7. The molecule has 5 heteroatoms. The summed E-state index contributed by atoms with van der Waals surface area (Å²) in [4.78, 5) is 11.7. The van der Waals surface area contributed by atoms with Crippen molar-refractivity contribution < 1.29 is 14.3 Å². The van der Waals surface area contributed by atoms with Crippen LogP contribution in [0.4, 0.5) is 0 Å². The van der Waals surface area contributed by atoms with Gasteiger partial charge in [-0.2, -0.15) is 0 Å². The number of ketones is 1. The topological polar surface area (TPSA) is 61.6 Å². The first-order valence-corrected chi connectivity index (χ1v) is 5.65. The lowest BCUT2D eigenvalue weighted by molar-refractivity contribution is 0.1000. The van der Waals surface area contributed by atoms with Crippen molar-refractivity contribution in [1.82, 2.24) is 0 Å². The Morgan fingerprint density at radius 2 is 2.06 bits per heavy atom. The van der Waals surface area contributed by atoms with E-state index < -0.39 is 0 Å². The largest absolute Gasteiger partial charge is 0.493 e. The first kappa shape index (κ1) is 13.8. The molecule has 0 saturated carbocycles. The van der Waals surface area contributed by atoms with E-state index in [1.165, 1.54) is 14.2 Å². The fraction of sp³-hybridized carbons (Fsp3) is 0.417. The molecule has 0 aromatic heterocycles. The molecule has 0 radical (unpaired) electrons. The summed E-state index contributed by atoms with van der Waals surface area (Å²) in [5.41, 5.74) is 6.61. The monoisotopic (exact) mass is 257 g/mol. The number of halogens is 1. The quantitative estimate of drug-likeness (QED) is 0.821. The molecule has 0 amide bonds. The second kappa shape index (κ2) is 5.89. The molecule has 2 N–H and O–H groups in total. The summed E-state index contributed by atoms with van der Waals surface area (Å²) in [6.07, 6.45) is 0.625. The molecule has 0 atom stereocenters. The van der Waals surface area contributed by atoms with Gasteiger partial charge in [-0.15, -0.1) is 0 Å². The maximum absolute atomic E-state index is 11.7. The highest BCUT2D eigenvalue weighted by atomic mass is 35.5. The van der Waals surface area contributed by atoms with Gasteiger partial charge in [0, 0.05) is 5.56 Å². The molecule has 0 bridgehead atoms. The SMILES string of the molecule is CCc1c(C(=O)CN)cc(OC)c(OC)c1Cl. The number of hydrogen-bond acceptors (Lipinski definition) is 4. The molecule has 94 valence electrons. The Kier molecular flexibility index (Phi) is 4.78. The average Bonchev–Trinajstić information content (AvgIpc) is 2.36. The lowest BCUT2D eigenvalue weighted by Gasteiger charge is -2.15. The van der Waals surface area contributed by atoms with Gasteiger partial charge in [0.1, 0.15) is 0 Å². The van der Waals surface area contributed by atoms with Crippen LogP contribution >= 0.6 is 11.6 Å². The summed E-state index contributed by atoms with van der Waals surface area (Å²) in [6, 6.07) is 1.62. The normalized spacial score (nSPS) is 10.2. The van der Waals surface area contributed by atoms with Gasteiger partial charge in [-0.3, -0.25) is 4.79 Å². The standard InChI is InChI=1S/C12H16ClNO3/c1-4-7-8(9(15)6-14)5-10(16-2)12(17-3)11(7)13/h5H,4,6,14H2,1-3H3. The molecule has 1 aromatic carbocycles. The third kappa shape index (κ3) is 2.53. The molecule has 1 aromatic rings. The summed E-state index contributed by atoms with van der Waals surface area (Å²) in [5.74, 6) is 0.718. The predicted molar refractivity (Wildman–Crippen MR) is 67.3 cm³/mol. The average molecular weight is 258 g/mol. The minimum Gasteiger partial charge on any atom is -0.493 e. The van der Waals surface area contributed by atoms with E-state index in [0.29, 0.717) is 28.5 Å². The zero-order valence-corrected chi connectivity index (χ0v) is 10.9. The number of ether oxygens (including phenoxy) is 2. The molecule has 0 aliphatic heterocycles. The van der Waals surface area contributed by atoms with Crippen molar-refractivity contribution in [1.29, 1.82) is 0 Å². The van der Waals surface area contributed by atoms with Crippen LogP contribution in [0, 0.1) is 0 Å². The maximum Gasteiger partial charge on any atom is 0.179 e. The minimum absolute atomic E-state index is 0.0567. The van der Waals surface area contributed by atoms with Gasteiger partial charge in [0.05, 0.1) is 25.8 Å². The van der Waals surface area contributed by atoms with Crippen molar-refractivity contribution in [3.63, 3.8) is 0 Å². The van der Waals surface area contributed by atoms with Crippen LogP contribution in [-0.4, -0.2) is 26.5 Å². The number of benzene rings is 1. The molecule has 1 rings (SSSR count). The number of carbonyl (C=O) groups is 1. The van der Waals surface area contributed by atoms with E-state index in [1.54, 1.807) is 6.07 Å². The Balaban J connectivity index is 3.50. The van der Waals surface area contributed by atoms with E-state index in [0.717, 1.165) is 5.56 Å². The van der Waals surface area contributed by atoms with E-state index in [-0.39, 0.29) is 12.3 Å². The summed E-state index contributed by atoms with van der Waals surface area (Å²) < 4.78 is 10.3. The summed E-state index contributed by atoms with van der Waals surface area (Å²) in [6.45, 7) is 1.86. The van der Waals surface area contributed by atoms with Crippen LogP contribution in [0.3, 0.4) is 0 Å². The van der Waals surface area contributed by atoms with Crippen LogP contribution in [0.1, 0.15) is 22.8 Å². The number of methoxy groups -OCH3 is 2. The van der Waals surface area contributed by atoms with Crippen LogP contribution in [0.15, 0.2) is 6.07 Å². The van der Waals surface area contributed by atoms with Gasteiger partial charge < -0.3 is 15.2 Å². The first-order valence-electron chi connectivity index (χ1n) is 5.27. The highest BCUT2D eigenvalue weighted by molar-refractivity contribution is 6.33. The van der Waals surface area contributed by atoms with E-state index in [1.807, 2.05) is 6.92 Å². The van der Waals surface area contributed by atoms with E-state index >= 15 is 0 Å². The molecule has 0 spiro atoms. The molecule has 0 aliphatic rings. The molecule has 0 heterocycles. The third-order valence-corrected chi connectivity index (χ3v) is 2.95. The Morgan fingerprint density at radius 3 is 2.47 bits per heavy atom. The summed E-state index contributed by atoms with van der Waals surface area (Å²) >= 11 is 6.20. The Labute approximate surface area is 106 Å². The van der Waals surface area contributed by atoms with Crippen LogP contribution < -0.4 is 15.2 Å². The highest BCUT2D eigenvalue weighted by Gasteiger charge is 2.20. The number of hydrogen-bond donors (Lipinski definition) is 1. The molecule has 0 fully saturated rings.